The van der Waals surface area contributed by atoms with Crippen LogP contribution >= 0.6 is 12.6 Å². The average molecular weight is 236 g/mol. The molecule has 0 fully saturated rings. The highest BCUT2D eigenvalue weighted by atomic mass is 32.1. The van der Waals surface area contributed by atoms with E-state index in [1.165, 1.54) is 4.90 Å². The Kier molecular flexibility index (Phi) is 8.79. The van der Waals surface area contributed by atoms with Crippen LogP contribution in [0.3, 0.4) is 0 Å². The zero-order chi connectivity index (χ0) is 11.7. The topological polar surface area (TPSA) is 72.8 Å². The van der Waals surface area contributed by atoms with Gasteiger partial charge in [0.25, 0.3) is 0 Å². The van der Waals surface area contributed by atoms with Crippen LogP contribution in [0.4, 0.5) is 0 Å². The van der Waals surface area contributed by atoms with Crippen LogP contribution < -0.4 is 5.32 Å². The summed E-state index contributed by atoms with van der Waals surface area (Å²) in [6, 6.07) is -0.310. The van der Waals surface area contributed by atoms with E-state index < -0.39 is 0 Å². The molecule has 0 aromatic rings. The Morgan fingerprint density at radius 2 is 1.93 bits per heavy atom. The molecule has 1 amide bonds. The van der Waals surface area contributed by atoms with E-state index in [1.807, 2.05) is 0 Å². The molecule has 1 atom stereocenters. The molecule has 90 valence electrons. The lowest BCUT2D eigenvalue weighted by molar-refractivity contribution is -0.134. The van der Waals surface area contributed by atoms with Crippen LogP contribution in [-0.4, -0.2) is 65.7 Å². The average Bonchev–Trinajstić information content (AvgIpc) is 2.24. The minimum atomic E-state index is -0.310. The highest BCUT2D eigenvalue weighted by Crippen LogP contribution is 1.94. The van der Waals surface area contributed by atoms with E-state index in [2.05, 4.69) is 17.9 Å². The predicted molar refractivity (Wildman–Crippen MR) is 62.1 cm³/mol. The Balaban J connectivity index is 4.08. The van der Waals surface area contributed by atoms with Crippen molar-refractivity contribution < 1.29 is 15.0 Å². The fourth-order valence-corrected chi connectivity index (χ4v) is 1.34. The molecular formula is C9H20N2O3S. The summed E-state index contributed by atoms with van der Waals surface area (Å²) in [7, 11) is 0. The number of aliphatic hydroxyl groups is 2. The molecule has 0 spiro atoms. The van der Waals surface area contributed by atoms with Crippen LogP contribution in [0.5, 0.6) is 0 Å². The van der Waals surface area contributed by atoms with Crippen molar-refractivity contribution in [2.45, 2.75) is 13.0 Å². The molecule has 0 aromatic carbocycles. The van der Waals surface area contributed by atoms with E-state index in [-0.39, 0.29) is 38.3 Å². The zero-order valence-corrected chi connectivity index (χ0v) is 9.91. The second kappa shape index (κ2) is 8.96. The first-order chi connectivity index (χ1) is 7.17. The lowest BCUT2D eigenvalue weighted by Gasteiger charge is -2.24. The van der Waals surface area contributed by atoms with Crippen molar-refractivity contribution in [1.82, 2.24) is 10.2 Å². The number of hydrogen-bond donors (Lipinski definition) is 4. The van der Waals surface area contributed by atoms with E-state index in [9.17, 15) is 4.79 Å². The standard InChI is InChI=1S/C9H20N2O3S/c1-8(10-2-7-15)9(14)11(3-5-12)4-6-13/h8,10,12-13,15H,2-7H2,1H3. The number of amides is 1. The SMILES string of the molecule is CC(NCCS)C(=O)N(CCO)CCO. The molecule has 0 bridgehead atoms. The summed E-state index contributed by atoms with van der Waals surface area (Å²) < 4.78 is 0. The van der Waals surface area contributed by atoms with Crippen LogP contribution in [0.1, 0.15) is 6.92 Å². The van der Waals surface area contributed by atoms with Crippen molar-refractivity contribution in [3.63, 3.8) is 0 Å². The van der Waals surface area contributed by atoms with Gasteiger partial charge in [0.15, 0.2) is 0 Å². The quantitative estimate of drug-likeness (QED) is 0.396. The van der Waals surface area contributed by atoms with Gasteiger partial charge in [0.1, 0.15) is 0 Å². The highest BCUT2D eigenvalue weighted by molar-refractivity contribution is 7.80. The van der Waals surface area contributed by atoms with E-state index in [1.54, 1.807) is 6.92 Å². The smallest absolute Gasteiger partial charge is 0.239 e. The number of aliphatic hydroxyl groups excluding tert-OH is 2. The van der Waals surface area contributed by atoms with E-state index >= 15 is 0 Å². The molecule has 0 radical (unpaired) electrons. The Labute approximate surface area is 95.9 Å². The van der Waals surface area contributed by atoms with Crippen molar-refractivity contribution in [1.29, 1.82) is 0 Å². The monoisotopic (exact) mass is 236 g/mol. The first kappa shape index (κ1) is 14.7. The predicted octanol–water partition coefficient (Wildman–Crippen LogP) is -1.29. The molecule has 0 aliphatic carbocycles. The van der Waals surface area contributed by atoms with Crippen LogP contribution in [0.25, 0.3) is 0 Å². The lowest BCUT2D eigenvalue weighted by atomic mass is 10.2. The molecule has 0 aliphatic rings. The molecule has 0 aliphatic heterocycles. The van der Waals surface area contributed by atoms with E-state index in [4.69, 9.17) is 10.2 Å². The third-order valence-corrected chi connectivity index (χ3v) is 2.21. The summed E-state index contributed by atoms with van der Waals surface area (Å²) in [5.74, 6) is 0.553. The normalized spacial score (nSPS) is 12.5. The van der Waals surface area contributed by atoms with Gasteiger partial charge in [-0.3, -0.25) is 4.79 Å². The van der Waals surface area contributed by atoms with Gasteiger partial charge in [0.05, 0.1) is 19.3 Å². The van der Waals surface area contributed by atoms with Gasteiger partial charge >= 0.3 is 0 Å². The molecule has 6 heteroatoms. The van der Waals surface area contributed by atoms with Crippen molar-refractivity contribution in [3.05, 3.63) is 0 Å². The van der Waals surface area contributed by atoms with Gasteiger partial charge in [0.2, 0.25) is 5.91 Å². The molecule has 0 saturated carbocycles. The summed E-state index contributed by atoms with van der Waals surface area (Å²) >= 11 is 4.03. The summed E-state index contributed by atoms with van der Waals surface area (Å²) in [5, 5.41) is 20.5. The summed E-state index contributed by atoms with van der Waals surface area (Å²) in [4.78, 5) is 13.2. The second-order valence-corrected chi connectivity index (χ2v) is 3.62. The number of nitrogens with one attached hydrogen (secondary N) is 1. The molecule has 3 N–H and O–H groups in total. The maximum atomic E-state index is 11.7. The second-order valence-electron chi connectivity index (χ2n) is 3.17. The highest BCUT2D eigenvalue weighted by Gasteiger charge is 2.18. The number of nitrogens with zero attached hydrogens (tertiary/aromatic N) is 1. The summed E-state index contributed by atoms with van der Waals surface area (Å²) in [6.07, 6.45) is 0. The minimum absolute atomic E-state index is 0.0922. The van der Waals surface area contributed by atoms with Gasteiger partial charge in [0, 0.05) is 25.4 Å². The Morgan fingerprint density at radius 3 is 2.33 bits per heavy atom. The van der Waals surface area contributed by atoms with Crippen molar-refractivity contribution >= 4 is 18.5 Å². The largest absolute Gasteiger partial charge is 0.395 e. The van der Waals surface area contributed by atoms with Crippen LogP contribution in [0.15, 0.2) is 0 Å². The summed E-state index contributed by atoms with van der Waals surface area (Å²) in [5.41, 5.74) is 0. The van der Waals surface area contributed by atoms with Gasteiger partial charge in [-0.2, -0.15) is 12.6 Å². The summed E-state index contributed by atoms with van der Waals surface area (Å²) in [6.45, 7) is 2.74. The Hall–Kier alpha value is -0.300. The van der Waals surface area contributed by atoms with Crippen LogP contribution in [0, 0.1) is 0 Å². The van der Waals surface area contributed by atoms with Crippen molar-refractivity contribution in [3.8, 4) is 0 Å². The van der Waals surface area contributed by atoms with Gasteiger partial charge < -0.3 is 20.4 Å². The van der Waals surface area contributed by atoms with Crippen molar-refractivity contribution in [2.75, 3.05) is 38.6 Å². The van der Waals surface area contributed by atoms with E-state index in [0.29, 0.717) is 12.3 Å². The van der Waals surface area contributed by atoms with Gasteiger partial charge in [-0.1, -0.05) is 0 Å². The fraction of sp³-hybridized carbons (Fsp3) is 0.889. The van der Waals surface area contributed by atoms with E-state index in [0.717, 1.165) is 0 Å². The zero-order valence-electron chi connectivity index (χ0n) is 9.02. The van der Waals surface area contributed by atoms with Gasteiger partial charge in [-0.25, -0.2) is 0 Å². The minimum Gasteiger partial charge on any atom is -0.395 e. The first-order valence-corrected chi connectivity index (χ1v) is 5.65. The molecule has 1 unspecified atom stereocenters. The third-order valence-electron chi connectivity index (χ3n) is 1.98. The van der Waals surface area contributed by atoms with Gasteiger partial charge in [-0.15, -0.1) is 0 Å². The molecule has 0 rings (SSSR count). The fourth-order valence-electron chi connectivity index (χ4n) is 1.22. The molecular weight excluding hydrogens is 216 g/mol. The Morgan fingerprint density at radius 1 is 1.40 bits per heavy atom. The molecule has 5 nitrogen and oxygen atoms in total. The molecule has 0 saturated heterocycles. The molecule has 15 heavy (non-hydrogen) atoms. The Bertz CT molecular complexity index is 175. The number of thiol groups is 1. The third kappa shape index (κ3) is 5.99. The maximum Gasteiger partial charge on any atom is 0.239 e. The lowest BCUT2D eigenvalue weighted by Crippen LogP contribution is -2.47. The number of carbonyl (C=O) groups excluding carboxylic acids is 1. The number of carbonyl (C=O) groups is 1. The molecule has 0 heterocycles. The van der Waals surface area contributed by atoms with Crippen LogP contribution in [0.2, 0.25) is 0 Å². The molecule has 0 aromatic heterocycles. The van der Waals surface area contributed by atoms with Gasteiger partial charge in [-0.05, 0) is 6.92 Å². The van der Waals surface area contributed by atoms with Crippen LogP contribution in [-0.2, 0) is 4.79 Å². The maximum absolute atomic E-state index is 11.7. The number of rotatable bonds is 8. The first-order valence-electron chi connectivity index (χ1n) is 5.02. The number of hydrogen-bond acceptors (Lipinski definition) is 5. The van der Waals surface area contributed by atoms with Crippen molar-refractivity contribution in [2.24, 2.45) is 0 Å².